The van der Waals surface area contributed by atoms with Crippen molar-refractivity contribution in [3.8, 4) is 11.5 Å². The van der Waals surface area contributed by atoms with E-state index in [0.717, 1.165) is 31.5 Å². The second-order valence-electron chi connectivity index (χ2n) is 7.13. The Labute approximate surface area is 164 Å². The molecule has 1 fully saturated rings. The number of likely N-dealkylation sites (tertiary alicyclic amines) is 1. The average molecular weight is 380 g/mol. The molecule has 1 saturated heterocycles. The fourth-order valence-electron chi connectivity index (χ4n) is 3.50. The Bertz CT molecular complexity index is 844. The first-order valence-corrected chi connectivity index (χ1v) is 9.75. The smallest absolute Gasteiger partial charge is 0.264 e. The SMILES string of the molecule is O=C(NCc1ccc(C(=O)N2CCCCC2)cc1)[C@H]1COc2ccccc2O1. The Morgan fingerprint density at radius 1 is 0.964 bits per heavy atom. The molecule has 2 aliphatic rings. The Balaban J connectivity index is 1.30. The van der Waals surface area contributed by atoms with Crippen molar-refractivity contribution in [1.29, 1.82) is 0 Å². The second-order valence-corrected chi connectivity index (χ2v) is 7.13. The number of carbonyl (C=O) groups excluding carboxylic acids is 2. The topological polar surface area (TPSA) is 67.9 Å². The van der Waals surface area contributed by atoms with Gasteiger partial charge >= 0.3 is 0 Å². The van der Waals surface area contributed by atoms with E-state index in [-0.39, 0.29) is 18.4 Å². The molecule has 0 radical (unpaired) electrons. The predicted octanol–water partition coefficient (Wildman–Crippen LogP) is 2.77. The van der Waals surface area contributed by atoms with Crippen LogP contribution in [0.5, 0.6) is 11.5 Å². The third kappa shape index (κ3) is 4.11. The maximum absolute atomic E-state index is 12.5. The molecule has 0 saturated carbocycles. The Morgan fingerprint density at radius 2 is 1.68 bits per heavy atom. The number of para-hydroxylation sites is 2. The molecule has 6 heteroatoms. The lowest BCUT2D eigenvalue weighted by atomic mass is 10.1. The Kier molecular flexibility index (Phi) is 5.46. The molecule has 0 spiro atoms. The summed E-state index contributed by atoms with van der Waals surface area (Å²) in [7, 11) is 0. The van der Waals surface area contributed by atoms with Crippen molar-refractivity contribution in [3.05, 3.63) is 59.7 Å². The lowest BCUT2D eigenvalue weighted by Crippen LogP contribution is -2.43. The van der Waals surface area contributed by atoms with E-state index in [2.05, 4.69) is 5.32 Å². The molecule has 2 aromatic carbocycles. The van der Waals surface area contributed by atoms with Crippen molar-refractivity contribution in [3.63, 3.8) is 0 Å². The van der Waals surface area contributed by atoms with Crippen molar-refractivity contribution in [1.82, 2.24) is 10.2 Å². The highest BCUT2D eigenvalue weighted by atomic mass is 16.6. The van der Waals surface area contributed by atoms with Gasteiger partial charge in [-0.05, 0) is 49.1 Å². The summed E-state index contributed by atoms with van der Waals surface area (Å²) in [5.41, 5.74) is 1.62. The zero-order valence-electron chi connectivity index (χ0n) is 15.7. The van der Waals surface area contributed by atoms with Crippen LogP contribution in [-0.4, -0.2) is 42.5 Å². The average Bonchev–Trinajstić information content (AvgIpc) is 2.77. The van der Waals surface area contributed by atoms with Crippen molar-refractivity contribution >= 4 is 11.8 Å². The van der Waals surface area contributed by atoms with Crippen LogP contribution in [0.15, 0.2) is 48.5 Å². The van der Waals surface area contributed by atoms with Crippen LogP contribution in [0.1, 0.15) is 35.2 Å². The molecule has 2 aliphatic heterocycles. The number of carbonyl (C=O) groups is 2. The predicted molar refractivity (Wildman–Crippen MR) is 104 cm³/mol. The lowest BCUT2D eigenvalue weighted by molar-refractivity contribution is -0.130. The van der Waals surface area contributed by atoms with Gasteiger partial charge in [0.15, 0.2) is 11.5 Å². The largest absolute Gasteiger partial charge is 0.485 e. The molecule has 2 aromatic rings. The van der Waals surface area contributed by atoms with E-state index in [1.807, 2.05) is 47.4 Å². The first-order chi connectivity index (χ1) is 13.7. The van der Waals surface area contributed by atoms with Crippen molar-refractivity contribution in [2.45, 2.75) is 31.9 Å². The first kappa shape index (κ1) is 18.3. The van der Waals surface area contributed by atoms with Crippen LogP contribution in [0, 0.1) is 0 Å². The van der Waals surface area contributed by atoms with Crippen LogP contribution < -0.4 is 14.8 Å². The number of nitrogens with one attached hydrogen (secondary N) is 1. The zero-order valence-corrected chi connectivity index (χ0v) is 15.7. The molecule has 4 rings (SSSR count). The van der Waals surface area contributed by atoms with Gasteiger partial charge in [0, 0.05) is 25.2 Å². The number of hydrogen-bond acceptors (Lipinski definition) is 4. The number of rotatable bonds is 4. The summed E-state index contributed by atoms with van der Waals surface area (Å²) in [5.74, 6) is 1.10. The quantitative estimate of drug-likeness (QED) is 0.886. The molecule has 6 nitrogen and oxygen atoms in total. The fourth-order valence-corrected chi connectivity index (χ4v) is 3.50. The molecular formula is C22H24N2O4. The molecule has 0 aliphatic carbocycles. The van der Waals surface area contributed by atoms with Crippen LogP contribution in [0.25, 0.3) is 0 Å². The van der Waals surface area contributed by atoms with Crippen LogP contribution in [0.4, 0.5) is 0 Å². The van der Waals surface area contributed by atoms with Gasteiger partial charge in [-0.15, -0.1) is 0 Å². The molecule has 2 amide bonds. The molecule has 1 atom stereocenters. The van der Waals surface area contributed by atoms with Gasteiger partial charge in [-0.25, -0.2) is 0 Å². The molecule has 0 bridgehead atoms. The molecule has 0 aromatic heterocycles. The maximum Gasteiger partial charge on any atom is 0.264 e. The van der Waals surface area contributed by atoms with Crippen LogP contribution in [0.2, 0.25) is 0 Å². The Morgan fingerprint density at radius 3 is 2.43 bits per heavy atom. The minimum Gasteiger partial charge on any atom is -0.485 e. The maximum atomic E-state index is 12.5. The molecule has 0 unspecified atom stereocenters. The third-order valence-electron chi connectivity index (χ3n) is 5.11. The Hall–Kier alpha value is -3.02. The summed E-state index contributed by atoms with van der Waals surface area (Å²) in [5, 5.41) is 2.87. The number of nitrogens with zero attached hydrogens (tertiary/aromatic N) is 1. The van der Waals surface area contributed by atoms with Crippen molar-refractivity contribution < 1.29 is 19.1 Å². The summed E-state index contributed by atoms with van der Waals surface area (Å²) in [4.78, 5) is 26.8. The van der Waals surface area contributed by atoms with Gasteiger partial charge < -0.3 is 19.7 Å². The summed E-state index contributed by atoms with van der Waals surface area (Å²) >= 11 is 0. The molecule has 146 valence electrons. The monoisotopic (exact) mass is 380 g/mol. The molecule has 28 heavy (non-hydrogen) atoms. The summed E-state index contributed by atoms with van der Waals surface area (Å²) < 4.78 is 11.3. The van der Waals surface area contributed by atoms with Crippen LogP contribution in [-0.2, 0) is 11.3 Å². The highest BCUT2D eigenvalue weighted by Gasteiger charge is 2.27. The van der Waals surface area contributed by atoms with E-state index in [9.17, 15) is 9.59 Å². The highest BCUT2D eigenvalue weighted by Crippen LogP contribution is 2.30. The third-order valence-corrected chi connectivity index (χ3v) is 5.11. The highest BCUT2D eigenvalue weighted by molar-refractivity contribution is 5.94. The van der Waals surface area contributed by atoms with Crippen LogP contribution >= 0.6 is 0 Å². The van der Waals surface area contributed by atoms with Gasteiger partial charge in [0.1, 0.15) is 6.61 Å². The van der Waals surface area contributed by atoms with E-state index in [1.165, 1.54) is 6.42 Å². The molecule has 2 heterocycles. The van der Waals surface area contributed by atoms with E-state index >= 15 is 0 Å². The lowest BCUT2D eigenvalue weighted by Gasteiger charge is -2.26. The second kappa shape index (κ2) is 8.33. The molecule has 1 N–H and O–H groups in total. The first-order valence-electron chi connectivity index (χ1n) is 9.75. The van der Waals surface area contributed by atoms with Gasteiger partial charge in [-0.2, -0.15) is 0 Å². The standard InChI is InChI=1S/C22H24N2O4/c25-21(20-15-27-18-6-2-3-7-19(18)28-20)23-14-16-8-10-17(11-9-16)22(26)24-12-4-1-5-13-24/h2-3,6-11,20H,1,4-5,12-15H2,(H,23,25)/t20-/m1/s1. The van der Waals surface area contributed by atoms with Gasteiger partial charge in [0.05, 0.1) is 0 Å². The van der Waals surface area contributed by atoms with Gasteiger partial charge in [0.2, 0.25) is 6.10 Å². The summed E-state index contributed by atoms with van der Waals surface area (Å²) in [6.07, 6.45) is 2.68. The zero-order chi connectivity index (χ0) is 19.3. The number of amides is 2. The van der Waals surface area contributed by atoms with Gasteiger partial charge in [0.25, 0.3) is 11.8 Å². The minimum absolute atomic E-state index is 0.0849. The van der Waals surface area contributed by atoms with E-state index < -0.39 is 6.10 Å². The van der Waals surface area contributed by atoms with Gasteiger partial charge in [-0.1, -0.05) is 24.3 Å². The minimum atomic E-state index is -0.671. The van der Waals surface area contributed by atoms with Gasteiger partial charge in [-0.3, -0.25) is 9.59 Å². The fraction of sp³-hybridized carbons (Fsp3) is 0.364. The number of benzene rings is 2. The van der Waals surface area contributed by atoms with E-state index in [0.29, 0.717) is 23.6 Å². The number of hydrogen-bond donors (Lipinski definition) is 1. The normalized spacial score (nSPS) is 18.4. The number of ether oxygens (including phenoxy) is 2. The summed E-state index contributed by atoms with van der Waals surface area (Å²) in [6.45, 7) is 2.23. The molecular weight excluding hydrogens is 356 g/mol. The van der Waals surface area contributed by atoms with E-state index in [4.69, 9.17) is 9.47 Å². The van der Waals surface area contributed by atoms with Crippen molar-refractivity contribution in [2.24, 2.45) is 0 Å². The number of fused-ring (bicyclic) bond motifs is 1. The summed E-state index contributed by atoms with van der Waals surface area (Å²) in [6, 6.07) is 14.7. The van der Waals surface area contributed by atoms with Crippen molar-refractivity contribution in [2.75, 3.05) is 19.7 Å². The van der Waals surface area contributed by atoms with Crippen LogP contribution in [0.3, 0.4) is 0 Å². The number of piperidine rings is 1. The van der Waals surface area contributed by atoms with E-state index in [1.54, 1.807) is 6.07 Å².